The van der Waals surface area contributed by atoms with Gasteiger partial charge < -0.3 is 0 Å². The molecule has 16 rings (SSSR count). The Morgan fingerprint density at radius 2 is 0.548 bits per heavy atom. The number of alkyl halides is 6. The standard InChI is InChI=1S/2C21H19F4N3O2S2.2C21H20F3N3O2S2/c2*22-16-9-19(32(29,30)12-20-26-13-27-31-20)17(23)8-15(16)11-28-7-6-21(24,25)10-18(28)14-4-2-1-3-5-14;2*22-16-6-7-27(19(9-16)14-4-2-1-3-5-14)11-15-8-18(24)20(10-17(15)23)31(28,29)12-21-25-13-26-30-21/h2*1-5,8-9,13,18H,6-7,10-12H2;2*1-5,8,10,13,16,19H,6-7,9,11-12H2/t2*18-;2*16-,19-/m1010/s1. The van der Waals surface area contributed by atoms with Crippen molar-refractivity contribution in [2.24, 2.45) is 0 Å². The molecule has 6 atom stereocenters. The fourth-order valence-electron chi connectivity index (χ4n) is 15.3. The number of piperidine rings is 4. The molecular weight excluding hydrogens is 1830 g/mol. The van der Waals surface area contributed by atoms with Gasteiger partial charge in [0.25, 0.3) is 11.8 Å². The zero-order chi connectivity index (χ0) is 89.9. The predicted molar refractivity (Wildman–Crippen MR) is 444 cm³/mol. The van der Waals surface area contributed by atoms with E-state index in [2.05, 4.69) is 37.4 Å². The van der Waals surface area contributed by atoms with Crippen LogP contribution in [0.15, 0.2) is 215 Å². The number of aromatic nitrogens is 8. The van der Waals surface area contributed by atoms with Crippen LogP contribution in [0.4, 0.5) is 61.5 Å². The fourth-order valence-corrected chi connectivity index (χ4v) is 24.0. The SMILES string of the molecule is O=S(=O)(Cc1ncns1)c1cc(F)c(CN2CCC(F)(F)C[C@@H]2c2ccccc2)cc1F.O=S(=O)(Cc1ncns1)c1cc(F)c(CN2CCC(F)(F)C[C@H]2c2ccccc2)cc1F.O=S(=O)(Cc1ncns1)c1cc(F)c(CN2CC[C@@H](F)C[C@@H]2c2ccccc2)cc1F.O=S(=O)(Cc1ncns1)c1cc(F)c(CN2CC[C@H](F)C[C@H]2c2ccccc2)cc1F. The molecular formula is C84H78F14N12O8S8. The van der Waals surface area contributed by atoms with E-state index in [0.29, 0.717) is 49.2 Å². The van der Waals surface area contributed by atoms with Crippen molar-refractivity contribution >= 4 is 85.5 Å². The van der Waals surface area contributed by atoms with Crippen molar-refractivity contribution in [3.63, 3.8) is 0 Å². The molecule has 12 aromatic rings. The molecule has 668 valence electrons. The molecule has 0 N–H and O–H groups in total. The summed E-state index contributed by atoms with van der Waals surface area (Å²) in [4.78, 5) is 19.3. The second-order valence-corrected chi connectivity index (χ2v) is 41.6. The van der Waals surface area contributed by atoms with Gasteiger partial charge in [-0.05, 0) is 143 Å². The highest BCUT2D eigenvalue weighted by atomic mass is 32.2. The zero-order valence-corrected chi connectivity index (χ0v) is 72.8. The maximum atomic E-state index is 14.8. The van der Waals surface area contributed by atoms with Gasteiger partial charge in [-0.3, -0.25) is 19.6 Å². The van der Waals surface area contributed by atoms with Gasteiger partial charge in [-0.25, -0.2) is 115 Å². The largest absolute Gasteiger partial charge is 0.292 e. The average Bonchev–Trinajstić information content (AvgIpc) is 1.03. The van der Waals surface area contributed by atoms with Gasteiger partial charge in [0.2, 0.25) is 0 Å². The third-order valence-corrected chi connectivity index (χ3v) is 31.5. The smallest absolute Gasteiger partial charge is 0.251 e. The normalized spacial score (nSPS) is 19.6. The molecule has 8 heterocycles. The topological polar surface area (TPSA) is 253 Å². The molecule has 42 heteroatoms. The lowest BCUT2D eigenvalue weighted by atomic mass is 9.92. The molecule has 126 heavy (non-hydrogen) atoms. The van der Waals surface area contributed by atoms with E-state index in [1.165, 1.54) is 25.3 Å². The second kappa shape index (κ2) is 41.0. The molecule has 4 aliphatic heterocycles. The monoisotopic (exact) mass is 1900 g/mol. The number of halogens is 14. The van der Waals surface area contributed by atoms with E-state index in [1.807, 2.05) is 70.5 Å². The Morgan fingerprint density at radius 3 is 0.778 bits per heavy atom. The number of benzene rings is 8. The summed E-state index contributed by atoms with van der Waals surface area (Å²) in [6, 6.07) is 40.4. The first-order valence-corrected chi connectivity index (χ1v) is 48.7. The fraction of sp³-hybridized carbons (Fsp3) is 0.333. The van der Waals surface area contributed by atoms with Crippen molar-refractivity contribution in [2.75, 3.05) is 26.2 Å². The third kappa shape index (κ3) is 24.3. The van der Waals surface area contributed by atoms with Crippen LogP contribution in [0.3, 0.4) is 0 Å². The van der Waals surface area contributed by atoms with Crippen LogP contribution in [0.2, 0.25) is 0 Å². The highest BCUT2D eigenvalue weighted by molar-refractivity contribution is 7.91. The highest BCUT2D eigenvalue weighted by Crippen LogP contribution is 2.44. The van der Waals surface area contributed by atoms with Gasteiger partial charge in [0.05, 0.1) is 0 Å². The molecule has 0 spiro atoms. The number of nitrogens with zero attached hydrogens (tertiary/aromatic N) is 12. The average molecular weight is 1910 g/mol. The van der Waals surface area contributed by atoms with E-state index in [1.54, 1.807) is 70.5 Å². The first-order chi connectivity index (χ1) is 60.0. The molecule has 0 amide bonds. The van der Waals surface area contributed by atoms with Crippen molar-refractivity contribution in [2.45, 2.75) is 168 Å². The Labute approximate surface area is 733 Å². The Balaban J connectivity index is 0.000000144. The van der Waals surface area contributed by atoms with E-state index in [9.17, 15) is 95.1 Å². The maximum absolute atomic E-state index is 14.8. The summed E-state index contributed by atoms with van der Waals surface area (Å²) < 4.78 is 318. The minimum Gasteiger partial charge on any atom is -0.292 e. The number of hydrogen-bond acceptors (Lipinski definition) is 24. The van der Waals surface area contributed by atoms with Crippen molar-refractivity contribution in [1.82, 2.24) is 57.0 Å². The first kappa shape index (κ1) is 94.3. The molecule has 20 nitrogen and oxygen atoms in total. The lowest BCUT2D eigenvalue weighted by Gasteiger charge is -2.39. The summed E-state index contributed by atoms with van der Waals surface area (Å²) in [6.07, 6.45) is 2.34. The number of rotatable bonds is 24. The van der Waals surface area contributed by atoms with Crippen LogP contribution in [0.1, 0.15) is 140 Å². The lowest BCUT2D eigenvalue weighted by Crippen LogP contribution is -2.41. The molecule has 4 fully saturated rings. The van der Waals surface area contributed by atoms with Crippen LogP contribution in [-0.4, -0.2) is 141 Å². The van der Waals surface area contributed by atoms with E-state index in [-0.39, 0.29) is 106 Å². The maximum Gasteiger partial charge on any atom is 0.251 e. The van der Waals surface area contributed by atoms with Crippen molar-refractivity contribution in [3.05, 3.63) is 306 Å². The summed E-state index contributed by atoms with van der Waals surface area (Å²) in [7, 11) is -16.6. The van der Waals surface area contributed by atoms with E-state index in [4.69, 9.17) is 0 Å². The Morgan fingerprint density at radius 1 is 0.317 bits per heavy atom. The van der Waals surface area contributed by atoms with E-state index >= 15 is 0 Å². The molecule has 0 bridgehead atoms. The quantitative estimate of drug-likeness (QED) is 0.0510. The van der Waals surface area contributed by atoms with Crippen molar-refractivity contribution < 1.29 is 95.1 Å². The molecule has 0 saturated carbocycles. The summed E-state index contributed by atoms with van der Waals surface area (Å²) >= 11 is 3.48. The van der Waals surface area contributed by atoms with Gasteiger partial charge in [-0.1, -0.05) is 121 Å². The number of hydrogen-bond donors (Lipinski definition) is 0. The summed E-state index contributed by atoms with van der Waals surface area (Å²) in [5.74, 6) is -15.7. The molecule has 0 aliphatic carbocycles. The molecule has 4 saturated heterocycles. The Bertz CT molecular complexity index is 5780. The second-order valence-electron chi connectivity index (χ2n) is 30.3. The van der Waals surface area contributed by atoms with Gasteiger partial charge in [0.1, 0.15) is 147 Å². The summed E-state index contributed by atoms with van der Waals surface area (Å²) in [6.45, 7) is 0.592. The zero-order valence-electron chi connectivity index (χ0n) is 66.3. The van der Waals surface area contributed by atoms with E-state index < -0.39 is 190 Å². The predicted octanol–water partition coefficient (Wildman–Crippen LogP) is 18.5. The highest BCUT2D eigenvalue weighted by Gasteiger charge is 2.44. The lowest BCUT2D eigenvalue weighted by molar-refractivity contribution is -0.0821. The molecule has 4 aromatic heterocycles. The Kier molecular flexibility index (Phi) is 30.7. The summed E-state index contributed by atoms with van der Waals surface area (Å²) in [5.41, 5.74) is 3.00. The van der Waals surface area contributed by atoms with Gasteiger partial charge in [-0.15, -0.1) is 0 Å². The number of sulfone groups is 4. The third-order valence-electron chi connectivity index (χ3n) is 21.6. The van der Waals surface area contributed by atoms with Crippen LogP contribution in [0, 0.1) is 46.5 Å². The molecule has 0 unspecified atom stereocenters. The van der Waals surface area contributed by atoms with Gasteiger partial charge >= 0.3 is 0 Å². The minimum atomic E-state index is -4.18. The van der Waals surface area contributed by atoms with Crippen LogP contribution in [-0.2, 0) is 88.5 Å². The molecule has 0 radical (unpaired) electrons. The number of likely N-dealkylation sites (tertiary alicyclic amines) is 4. The molecule has 8 aromatic carbocycles. The van der Waals surface area contributed by atoms with Crippen molar-refractivity contribution in [1.29, 1.82) is 0 Å². The van der Waals surface area contributed by atoms with Crippen molar-refractivity contribution in [3.8, 4) is 0 Å². The van der Waals surface area contributed by atoms with Gasteiger partial charge in [0.15, 0.2) is 39.3 Å². The molecule has 4 aliphatic rings. The van der Waals surface area contributed by atoms with E-state index in [0.717, 1.165) is 93.7 Å². The van der Waals surface area contributed by atoms with Crippen LogP contribution >= 0.6 is 46.1 Å². The Hall–Kier alpha value is -9.34. The van der Waals surface area contributed by atoms with Gasteiger partial charge in [0, 0.05) is 124 Å². The van der Waals surface area contributed by atoms with Gasteiger partial charge in [-0.2, -0.15) is 17.5 Å². The van der Waals surface area contributed by atoms with Crippen LogP contribution < -0.4 is 0 Å². The summed E-state index contributed by atoms with van der Waals surface area (Å²) in [5, 5.41) is 0.718. The minimum absolute atomic E-state index is 0.00921. The first-order valence-electron chi connectivity index (χ1n) is 39.0. The van der Waals surface area contributed by atoms with Crippen LogP contribution in [0.5, 0.6) is 0 Å². The van der Waals surface area contributed by atoms with Crippen LogP contribution in [0.25, 0.3) is 0 Å².